The molecule has 0 aliphatic heterocycles. The number of carbonyl (C=O) groups excluding carboxylic acids is 1. The zero-order valence-electron chi connectivity index (χ0n) is 8.74. The van der Waals surface area contributed by atoms with Crippen molar-refractivity contribution in [1.82, 2.24) is 5.32 Å². The van der Waals surface area contributed by atoms with Crippen LogP contribution in [-0.2, 0) is 6.54 Å². The van der Waals surface area contributed by atoms with Crippen LogP contribution in [0.2, 0.25) is 0 Å². The minimum Gasteiger partial charge on any atom is -0.347 e. The molecule has 2 aromatic rings. The fourth-order valence-electron chi connectivity index (χ4n) is 1.32. The Labute approximate surface area is 111 Å². The molecule has 17 heavy (non-hydrogen) atoms. The Balaban J connectivity index is 1.98. The molecule has 0 radical (unpaired) electrons. The highest BCUT2D eigenvalue weighted by atomic mass is 79.9. The van der Waals surface area contributed by atoms with E-state index in [9.17, 15) is 9.18 Å². The van der Waals surface area contributed by atoms with Gasteiger partial charge in [0.25, 0.3) is 5.91 Å². The van der Waals surface area contributed by atoms with Gasteiger partial charge in [0.2, 0.25) is 0 Å². The number of nitrogens with one attached hydrogen (secondary N) is 1. The van der Waals surface area contributed by atoms with E-state index in [0.717, 1.165) is 9.35 Å². The van der Waals surface area contributed by atoms with Gasteiger partial charge in [0.1, 0.15) is 5.82 Å². The summed E-state index contributed by atoms with van der Waals surface area (Å²) < 4.78 is 13.7. The third kappa shape index (κ3) is 3.14. The number of thiophene rings is 1. The molecule has 0 saturated heterocycles. The normalized spacial score (nSPS) is 10.2. The second-order valence-electron chi connectivity index (χ2n) is 3.38. The molecule has 0 aliphatic rings. The molecule has 0 unspecified atom stereocenters. The lowest BCUT2D eigenvalue weighted by molar-refractivity contribution is 0.0951. The number of halogens is 2. The van der Waals surface area contributed by atoms with Gasteiger partial charge in [0.15, 0.2) is 0 Å². The molecule has 1 heterocycles. The summed E-state index contributed by atoms with van der Waals surface area (Å²) in [5.74, 6) is -0.548. The molecule has 0 spiro atoms. The lowest BCUT2D eigenvalue weighted by Gasteiger charge is -2.04. The van der Waals surface area contributed by atoms with Gasteiger partial charge in [0.05, 0.1) is 6.54 Å². The van der Waals surface area contributed by atoms with Gasteiger partial charge < -0.3 is 5.32 Å². The Morgan fingerprint density at radius 3 is 2.59 bits per heavy atom. The van der Waals surface area contributed by atoms with Gasteiger partial charge in [-0.25, -0.2) is 4.39 Å². The van der Waals surface area contributed by atoms with Crippen molar-refractivity contribution in [1.29, 1.82) is 0 Å². The van der Waals surface area contributed by atoms with Crippen LogP contribution in [0.25, 0.3) is 0 Å². The molecule has 2 rings (SSSR count). The van der Waals surface area contributed by atoms with E-state index in [0.29, 0.717) is 12.1 Å². The fourth-order valence-corrected chi connectivity index (χ4v) is 2.75. The summed E-state index contributed by atoms with van der Waals surface area (Å²) in [6.07, 6.45) is 0. The Morgan fingerprint density at radius 2 is 2.00 bits per heavy atom. The number of hydrogen-bond donors (Lipinski definition) is 1. The van der Waals surface area contributed by atoms with Crippen molar-refractivity contribution < 1.29 is 9.18 Å². The zero-order valence-corrected chi connectivity index (χ0v) is 11.1. The highest BCUT2D eigenvalue weighted by Gasteiger charge is 2.07. The van der Waals surface area contributed by atoms with E-state index < -0.39 is 0 Å². The van der Waals surface area contributed by atoms with Crippen molar-refractivity contribution in [3.8, 4) is 0 Å². The van der Waals surface area contributed by atoms with Crippen molar-refractivity contribution in [2.75, 3.05) is 0 Å². The SMILES string of the molecule is O=C(NCc1sccc1Br)c1ccc(F)cc1. The average Bonchev–Trinajstić information content (AvgIpc) is 2.73. The smallest absolute Gasteiger partial charge is 0.251 e. The predicted octanol–water partition coefficient (Wildman–Crippen LogP) is 3.58. The van der Waals surface area contributed by atoms with E-state index in [2.05, 4.69) is 21.2 Å². The molecule has 1 amide bonds. The molecule has 1 aromatic carbocycles. The molecule has 1 aromatic heterocycles. The molecule has 0 fully saturated rings. The Morgan fingerprint density at radius 1 is 1.29 bits per heavy atom. The van der Waals surface area contributed by atoms with Crippen LogP contribution in [0.3, 0.4) is 0 Å². The standard InChI is InChI=1S/C12H9BrFNOS/c13-10-5-6-17-11(10)7-15-12(16)8-1-3-9(14)4-2-8/h1-6H,7H2,(H,15,16). The molecular formula is C12H9BrFNOS. The third-order valence-electron chi connectivity index (χ3n) is 2.21. The average molecular weight is 314 g/mol. The number of benzene rings is 1. The Hall–Kier alpha value is -1.20. The van der Waals surface area contributed by atoms with E-state index in [1.54, 1.807) is 11.3 Å². The highest BCUT2D eigenvalue weighted by Crippen LogP contribution is 2.22. The summed E-state index contributed by atoms with van der Waals surface area (Å²) in [7, 11) is 0. The van der Waals surface area contributed by atoms with E-state index in [1.165, 1.54) is 24.3 Å². The van der Waals surface area contributed by atoms with Crippen LogP contribution in [0.15, 0.2) is 40.2 Å². The van der Waals surface area contributed by atoms with Gasteiger partial charge in [-0.15, -0.1) is 11.3 Å². The molecule has 0 saturated carbocycles. The highest BCUT2D eigenvalue weighted by molar-refractivity contribution is 9.10. The maximum absolute atomic E-state index is 12.7. The first-order valence-electron chi connectivity index (χ1n) is 4.92. The Bertz CT molecular complexity index is 524. The topological polar surface area (TPSA) is 29.1 Å². The summed E-state index contributed by atoms with van der Waals surface area (Å²) in [5.41, 5.74) is 0.457. The van der Waals surface area contributed by atoms with Gasteiger partial charge in [0, 0.05) is 14.9 Å². The van der Waals surface area contributed by atoms with Crippen molar-refractivity contribution in [3.05, 3.63) is 56.4 Å². The second kappa shape index (κ2) is 5.42. The van der Waals surface area contributed by atoms with Crippen LogP contribution in [0.5, 0.6) is 0 Å². The van der Waals surface area contributed by atoms with Crippen molar-refractivity contribution in [3.63, 3.8) is 0 Å². The van der Waals surface area contributed by atoms with Crippen LogP contribution < -0.4 is 5.32 Å². The maximum atomic E-state index is 12.7. The monoisotopic (exact) mass is 313 g/mol. The first kappa shape index (κ1) is 12.3. The summed E-state index contributed by atoms with van der Waals surface area (Å²) in [6, 6.07) is 7.41. The summed E-state index contributed by atoms with van der Waals surface area (Å²) in [6.45, 7) is 0.467. The zero-order chi connectivity index (χ0) is 12.3. The molecule has 0 bridgehead atoms. The Kier molecular flexibility index (Phi) is 3.91. The van der Waals surface area contributed by atoms with Crippen LogP contribution in [0, 0.1) is 5.82 Å². The molecule has 2 nitrogen and oxygen atoms in total. The molecule has 0 atom stereocenters. The van der Waals surface area contributed by atoms with E-state index in [1.807, 2.05) is 11.4 Å². The molecule has 0 aliphatic carbocycles. The number of carbonyl (C=O) groups is 1. The maximum Gasteiger partial charge on any atom is 0.251 e. The van der Waals surface area contributed by atoms with E-state index in [4.69, 9.17) is 0 Å². The van der Waals surface area contributed by atoms with Crippen molar-refractivity contribution in [2.45, 2.75) is 6.54 Å². The summed E-state index contributed by atoms with van der Waals surface area (Å²) in [5, 5.41) is 4.73. The fraction of sp³-hybridized carbons (Fsp3) is 0.0833. The largest absolute Gasteiger partial charge is 0.347 e. The summed E-state index contributed by atoms with van der Waals surface area (Å²) in [4.78, 5) is 12.8. The van der Waals surface area contributed by atoms with Gasteiger partial charge in [-0.3, -0.25) is 4.79 Å². The van der Waals surface area contributed by atoms with Crippen LogP contribution in [0.1, 0.15) is 15.2 Å². The van der Waals surface area contributed by atoms with Crippen LogP contribution >= 0.6 is 27.3 Å². The molecule has 1 N–H and O–H groups in total. The first-order valence-corrected chi connectivity index (χ1v) is 6.60. The lowest BCUT2D eigenvalue weighted by Crippen LogP contribution is -2.22. The van der Waals surface area contributed by atoms with Gasteiger partial charge in [-0.05, 0) is 51.6 Å². The molecule has 88 valence electrons. The predicted molar refractivity (Wildman–Crippen MR) is 69.6 cm³/mol. The molecular weight excluding hydrogens is 305 g/mol. The lowest BCUT2D eigenvalue weighted by atomic mass is 10.2. The van der Waals surface area contributed by atoms with E-state index >= 15 is 0 Å². The van der Waals surface area contributed by atoms with Gasteiger partial charge in [-0.2, -0.15) is 0 Å². The minimum atomic E-state index is -0.345. The van der Waals surface area contributed by atoms with Crippen LogP contribution in [-0.4, -0.2) is 5.91 Å². The number of rotatable bonds is 3. The molecule has 5 heteroatoms. The minimum absolute atomic E-state index is 0.203. The van der Waals surface area contributed by atoms with Gasteiger partial charge in [-0.1, -0.05) is 0 Å². The second-order valence-corrected chi connectivity index (χ2v) is 5.24. The van der Waals surface area contributed by atoms with Crippen LogP contribution in [0.4, 0.5) is 4.39 Å². The quantitative estimate of drug-likeness (QED) is 0.922. The van der Waals surface area contributed by atoms with Crippen molar-refractivity contribution >= 4 is 33.2 Å². The van der Waals surface area contributed by atoms with E-state index in [-0.39, 0.29) is 11.7 Å². The summed E-state index contributed by atoms with van der Waals surface area (Å²) >= 11 is 4.96. The van der Waals surface area contributed by atoms with Gasteiger partial charge >= 0.3 is 0 Å². The third-order valence-corrected chi connectivity index (χ3v) is 4.13. The first-order chi connectivity index (χ1) is 8.16. The van der Waals surface area contributed by atoms with Crippen molar-refractivity contribution in [2.24, 2.45) is 0 Å². The number of hydrogen-bond acceptors (Lipinski definition) is 2. The number of amides is 1.